The first-order valence-electron chi connectivity index (χ1n) is 8.88. The maximum atomic E-state index is 11.8. The fraction of sp³-hybridized carbons (Fsp3) is 0.750. The SMILES string of the molecule is COC(=O)[C@@H](C)O[C@@H]1[C@@H](N=C(C)[O-])[C@@H](OP(=O)([O-])O)O[C@H](COC(C)=O)[C@H]1OC(C)=O. The Morgan fingerprint density at radius 1 is 1.19 bits per heavy atom. The summed E-state index contributed by atoms with van der Waals surface area (Å²) in [7, 11) is -4.34. The maximum Gasteiger partial charge on any atom is 0.334 e. The molecule has 0 spiro atoms. The number of rotatable bonds is 9. The lowest BCUT2D eigenvalue weighted by atomic mass is 9.96. The number of ether oxygens (including phenoxy) is 5. The highest BCUT2D eigenvalue weighted by molar-refractivity contribution is 7.44. The van der Waals surface area contributed by atoms with E-state index in [-0.39, 0.29) is 0 Å². The lowest BCUT2D eigenvalue weighted by molar-refractivity contribution is -0.289. The fourth-order valence-corrected chi connectivity index (χ4v) is 3.17. The molecule has 7 atom stereocenters. The Hall–Kier alpha value is -2.09. The smallest absolute Gasteiger partial charge is 0.334 e. The molecule has 15 heteroatoms. The summed E-state index contributed by atoms with van der Waals surface area (Å²) in [6.45, 7) is 3.88. The zero-order valence-electron chi connectivity index (χ0n) is 17.4. The molecule has 1 aliphatic rings. The summed E-state index contributed by atoms with van der Waals surface area (Å²) in [5, 5.41) is 11.7. The fourth-order valence-electron chi connectivity index (χ4n) is 2.74. The summed E-state index contributed by atoms with van der Waals surface area (Å²) in [6.07, 6.45) is -7.55. The molecule has 1 fully saturated rings. The number of carbonyl (C=O) groups is 3. The zero-order valence-corrected chi connectivity index (χ0v) is 18.3. The van der Waals surface area contributed by atoms with Crippen LogP contribution in [0.3, 0.4) is 0 Å². The molecule has 0 amide bonds. The van der Waals surface area contributed by atoms with Crippen LogP contribution in [0, 0.1) is 0 Å². The van der Waals surface area contributed by atoms with Crippen molar-refractivity contribution in [3.63, 3.8) is 0 Å². The van der Waals surface area contributed by atoms with Crippen molar-refractivity contribution in [2.75, 3.05) is 13.7 Å². The lowest BCUT2D eigenvalue weighted by Crippen LogP contribution is -2.62. The van der Waals surface area contributed by atoms with Gasteiger partial charge in [0.15, 0.2) is 18.5 Å². The number of carbonyl (C=O) groups excluding carboxylic acids is 3. The molecule has 0 bridgehead atoms. The summed E-state index contributed by atoms with van der Waals surface area (Å²) >= 11 is 0. The van der Waals surface area contributed by atoms with Gasteiger partial charge >= 0.3 is 17.9 Å². The number of esters is 3. The van der Waals surface area contributed by atoms with Crippen LogP contribution in [-0.4, -0.2) is 79.2 Å². The van der Waals surface area contributed by atoms with Gasteiger partial charge in [-0.3, -0.25) is 23.7 Å². The first-order valence-corrected chi connectivity index (χ1v) is 10.4. The van der Waals surface area contributed by atoms with Crippen LogP contribution in [0.5, 0.6) is 0 Å². The minimum absolute atomic E-state index is 0.555. The van der Waals surface area contributed by atoms with E-state index in [9.17, 15) is 28.9 Å². The number of phosphoric ester groups is 1. The van der Waals surface area contributed by atoms with Gasteiger partial charge in [0.25, 0.3) is 7.82 Å². The second kappa shape index (κ2) is 11.5. The molecule has 0 radical (unpaired) electrons. The summed E-state index contributed by atoms with van der Waals surface area (Å²) < 4.78 is 41.4. The Kier molecular flexibility index (Phi) is 10.0. The molecule has 14 nitrogen and oxygen atoms in total. The molecule has 1 unspecified atom stereocenters. The predicted octanol–water partition coefficient (Wildman–Crippen LogP) is -2.22. The van der Waals surface area contributed by atoms with Crippen molar-refractivity contribution in [1.29, 1.82) is 0 Å². The van der Waals surface area contributed by atoms with E-state index in [1.165, 1.54) is 6.92 Å². The Balaban J connectivity index is 3.47. The van der Waals surface area contributed by atoms with E-state index >= 15 is 0 Å². The summed E-state index contributed by atoms with van der Waals surface area (Å²) in [4.78, 5) is 58.8. The van der Waals surface area contributed by atoms with Crippen LogP contribution in [0.15, 0.2) is 4.99 Å². The van der Waals surface area contributed by atoms with E-state index in [1.807, 2.05) is 0 Å². The van der Waals surface area contributed by atoms with Gasteiger partial charge in [0.05, 0.1) is 7.11 Å². The molecule has 1 saturated heterocycles. The minimum Gasteiger partial charge on any atom is -0.862 e. The molecule has 31 heavy (non-hydrogen) atoms. The number of nitrogens with zero attached hydrogens (tertiary/aromatic N) is 1. The van der Waals surface area contributed by atoms with Gasteiger partial charge < -0.3 is 38.6 Å². The van der Waals surface area contributed by atoms with Gasteiger partial charge in [0, 0.05) is 13.8 Å². The van der Waals surface area contributed by atoms with Crippen LogP contribution < -0.4 is 10.00 Å². The molecule has 0 saturated carbocycles. The van der Waals surface area contributed by atoms with Gasteiger partial charge in [-0.15, -0.1) is 0 Å². The van der Waals surface area contributed by atoms with E-state index < -0.39 is 75.0 Å². The molecule has 1 aliphatic heterocycles. The van der Waals surface area contributed by atoms with E-state index in [0.717, 1.165) is 27.9 Å². The predicted molar refractivity (Wildman–Crippen MR) is 95.0 cm³/mol. The summed E-state index contributed by atoms with van der Waals surface area (Å²) in [6, 6.07) is -1.61. The standard InChI is InChI=1S/C16H26NO13P/c1-7(15(21)25-5)27-14-12(17-8(2)18)16(30-31(22,23)24)29-11(6-26-9(3)19)13(14)28-10(4)20/h7,11-14,16H,6H2,1-5H3,(H,17,18)(H2,22,23,24)/p-2/t7-,11-,12-,13-,14-,16-/m1/s1. The molecule has 0 aromatic rings. The molecule has 0 aromatic carbocycles. The van der Waals surface area contributed by atoms with E-state index in [4.69, 9.17) is 23.8 Å². The van der Waals surface area contributed by atoms with Gasteiger partial charge in [-0.2, -0.15) is 0 Å². The number of hydrogen-bond acceptors (Lipinski definition) is 13. The maximum absolute atomic E-state index is 11.8. The van der Waals surface area contributed by atoms with Crippen molar-refractivity contribution in [3.05, 3.63) is 0 Å². The number of methoxy groups -OCH3 is 1. The first kappa shape index (κ1) is 26.9. The summed E-state index contributed by atoms with van der Waals surface area (Å²) in [5.74, 6) is -3.24. The zero-order chi connectivity index (χ0) is 23.9. The third-order valence-corrected chi connectivity index (χ3v) is 4.30. The molecule has 0 aliphatic carbocycles. The van der Waals surface area contributed by atoms with Crippen molar-refractivity contribution < 1.29 is 62.1 Å². The Labute approximate surface area is 177 Å². The molecular formula is C16H24NO13P-2. The van der Waals surface area contributed by atoms with Crippen LogP contribution in [-0.2, 0) is 47.2 Å². The van der Waals surface area contributed by atoms with Crippen molar-refractivity contribution in [2.45, 2.75) is 64.4 Å². The van der Waals surface area contributed by atoms with E-state index in [1.54, 1.807) is 0 Å². The third-order valence-electron chi connectivity index (χ3n) is 3.83. The van der Waals surface area contributed by atoms with Crippen molar-refractivity contribution in [1.82, 2.24) is 0 Å². The van der Waals surface area contributed by atoms with Gasteiger partial charge in [0.2, 0.25) is 0 Å². The van der Waals surface area contributed by atoms with E-state index in [2.05, 4.69) is 14.3 Å². The Morgan fingerprint density at radius 2 is 1.81 bits per heavy atom. The van der Waals surface area contributed by atoms with Gasteiger partial charge in [-0.25, -0.2) is 4.79 Å². The second-order valence-corrected chi connectivity index (χ2v) is 7.55. The highest BCUT2D eigenvalue weighted by atomic mass is 31.2. The molecule has 1 rings (SSSR count). The molecule has 0 aromatic heterocycles. The first-order chi connectivity index (χ1) is 14.2. The van der Waals surface area contributed by atoms with Crippen LogP contribution >= 0.6 is 7.82 Å². The Morgan fingerprint density at radius 3 is 2.26 bits per heavy atom. The molecular weight excluding hydrogens is 445 g/mol. The van der Waals surface area contributed by atoms with Crippen LogP contribution in [0.25, 0.3) is 0 Å². The van der Waals surface area contributed by atoms with Gasteiger partial charge in [0.1, 0.15) is 24.9 Å². The lowest BCUT2D eigenvalue weighted by Gasteiger charge is -2.45. The minimum atomic E-state index is -5.42. The van der Waals surface area contributed by atoms with Crippen molar-refractivity contribution in [2.24, 2.45) is 4.99 Å². The number of phosphoric acid groups is 1. The third kappa shape index (κ3) is 8.89. The topological polar surface area (TPSA) is 202 Å². The van der Waals surface area contributed by atoms with Crippen LogP contribution in [0.1, 0.15) is 27.7 Å². The highest BCUT2D eigenvalue weighted by Crippen LogP contribution is 2.39. The largest absolute Gasteiger partial charge is 0.862 e. The van der Waals surface area contributed by atoms with Gasteiger partial charge in [-0.1, -0.05) is 0 Å². The second-order valence-electron chi connectivity index (χ2n) is 6.40. The number of aliphatic imine (C=N–C) groups is 1. The highest BCUT2D eigenvalue weighted by Gasteiger charge is 2.51. The average molecular weight is 469 g/mol. The molecule has 1 N–H and O–H groups in total. The Bertz CT molecular complexity index is 731. The van der Waals surface area contributed by atoms with Gasteiger partial charge in [-0.05, 0) is 19.7 Å². The molecule has 178 valence electrons. The van der Waals surface area contributed by atoms with E-state index in [0.29, 0.717) is 0 Å². The monoisotopic (exact) mass is 469 g/mol. The summed E-state index contributed by atoms with van der Waals surface area (Å²) in [5.41, 5.74) is 0. The van der Waals surface area contributed by atoms with Crippen molar-refractivity contribution in [3.8, 4) is 0 Å². The molecule has 1 heterocycles. The average Bonchev–Trinajstić information content (AvgIpc) is 2.62. The number of hydrogen-bond donors (Lipinski definition) is 1. The van der Waals surface area contributed by atoms with Crippen LogP contribution in [0.2, 0.25) is 0 Å². The van der Waals surface area contributed by atoms with Crippen molar-refractivity contribution >= 4 is 31.6 Å². The van der Waals surface area contributed by atoms with Crippen LogP contribution in [0.4, 0.5) is 0 Å². The quantitative estimate of drug-likeness (QED) is 0.125. The normalized spacial score (nSPS) is 29.4.